The molecule has 1 heterocycles. The maximum Gasteiger partial charge on any atom is 0.308 e. The summed E-state index contributed by atoms with van der Waals surface area (Å²) in [5.74, 6) is -1.51. The molecular weight excluding hydrogens is 452 g/mol. The van der Waals surface area contributed by atoms with Gasteiger partial charge in [-0.3, -0.25) is 4.79 Å². The number of piperazine rings is 1. The first-order valence-electron chi connectivity index (χ1n) is 10.6. The number of methoxy groups -OCH3 is 1. The molecule has 2 aromatic rings. The van der Waals surface area contributed by atoms with Gasteiger partial charge in [0.2, 0.25) is 10.0 Å². The smallest absolute Gasteiger partial charge is 0.308 e. The summed E-state index contributed by atoms with van der Waals surface area (Å²) in [6.45, 7) is 4.68. The lowest BCUT2D eigenvalue weighted by Crippen LogP contribution is -2.59. The van der Waals surface area contributed by atoms with Gasteiger partial charge >= 0.3 is 5.97 Å². The van der Waals surface area contributed by atoms with Crippen molar-refractivity contribution in [1.29, 1.82) is 0 Å². The van der Waals surface area contributed by atoms with Crippen molar-refractivity contribution in [1.82, 2.24) is 4.31 Å². The highest BCUT2D eigenvalue weighted by molar-refractivity contribution is 7.89. The molecule has 4 rings (SSSR count). The molecule has 172 valence electrons. The molecule has 2 aliphatic rings. The average Bonchev–Trinajstić information content (AvgIpc) is 3.14. The Bertz CT molecular complexity index is 1130. The molecule has 0 bridgehead atoms. The minimum atomic E-state index is -3.91. The van der Waals surface area contributed by atoms with Crippen LogP contribution in [-0.4, -0.2) is 56.1 Å². The molecule has 1 fully saturated rings. The van der Waals surface area contributed by atoms with E-state index in [1.54, 1.807) is 25.3 Å². The monoisotopic (exact) mass is 478 g/mol. The largest absolute Gasteiger partial charge is 0.495 e. The van der Waals surface area contributed by atoms with E-state index >= 15 is 0 Å². The molecule has 2 unspecified atom stereocenters. The molecule has 0 amide bonds. The van der Waals surface area contributed by atoms with E-state index in [2.05, 4.69) is 4.90 Å². The summed E-state index contributed by atoms with van der Waals surface area (Å²) in [6.07, 6.45) is 0.225. The number of anilines is 1. The van der Waals surface area contributed by atoms with Crippen molar-refractivity contribution in [2.45, 2.75) is 37.6 Å². The van der Waals surface area contributed by atoms with Gasteiger partial charge in [0.25, 0.3) is 0 Å². The molecule has 0 radical (unpaired) electrons. The third-order valence-corrected chi connectivity index (χ3v) is 9.28. The van der Waals surface area contributed by atoms with Crippen LogP contribution in [0.2, 0.25) is 5.02 Å². The standard InChI is InChI=1S/C23H27ClN2O5S/c1-14-12-25(17-8-9-20(24)21(11-17)31-3)13-15(2)26(14)32(29,30)22-18-7-5-4-6-16(18)10-19(22)23(27)28/h4-9,11,14-15,19,22H,10,12-13H2,1-3H3,(H,27,28)/t14?,15?,19-,22+/m0/s1. The lowest BCUT2D eigenvalue weighted by molar-refractivity contribution is -0.141. The number of benzene rings is 2. The van der Waals surface area contributed by atoms with E-state index < -0.39 is 27.2 Å². The number of halogens is 1. The summed E-state index contributed by atoms with van der Waals surface area (Å²) >= 11 is 6.15. The molecule has 0 spiro atoms. The van der Waals surface area contributed by atoms with E-state index in [0.717, 1.165) is 11.3 Å². The number of aliphatic carboxylic acids is 1. The van der Waals surface area contributed by atoms with E-state index in [1.807, 2.05) is 38.1 Å². The Balaban J connectivity index is 1.65. The van der Waals surface area contributed by atoms with Crippen LogP contribution in [0.4, 0.5) is 5.69 Å². The molecule has 9 heteroatoms. The number of hydrogen-bond acceptors (Lipinski definition) is 5. The molecule has 1 aliphatic carbocycles. The van der Waals surface area contributed by atoms with Crippen molar-refractivity contribution in [2.75, 3.05) is 25.1 Å². The van der Waals surface area contributed by atoms with Crippen molar-refractivity contribution in [3.8, 4) is 5.75 Å². The Morgan fingerprint density at radius 2 is 1.78 bits per heavy atom. The van der Waals surface area contributed by atoms with Gasteiger partial charge in [0.1, 0.15) is 11.0 Å². The van der Waals surface area contributed by atoms with E-state index in [-0.39, 0.29) is 18.5 Å². The lowest BCUT2D eigenvalue weighted by Gasteiger charge is -2.45. The molecule has 32 heavy (non-hydrogen) atoms. The Labute approximate surface area is 193 Å². The molecule has 7 nitrogen and oxygen atoms in total. The van der Waals surface area contributed by atoms with Gasteiger partial charge in [0, 0.05) is 36.9 Å². The van der Waals surface area contributed by atoms with Crippen molar-refractivity contribution in [3.05, 3.63) is 58.6 Å². The highest BCUT2D eigenvalue weighted by Gasteiger charge is 2.50. The van der Waals surface area contributed by atoms with Gasteiger partial charge in [-0.1, -0.05) is 35.9 Å². The third-order valence-electron chi connectivity index (χ3n) is 6.44. The van der Waals surface area contributed by atoms with E-state index in [1.165, 1.54) is 4.31 Å². The summed E-state index contributed by atoms with van der Waals surface area (Å²) in [5.41, 5.74) is 2.29. The Morgan fingerprint density at radius 1 is 1.12 bits per heavy atom. The fourth-order valence-corrected chi connectivity index (χ4v) is 7.91. The Morgan fingerprint density at radius 3 is 2.41 bits per heavy atom. The lowest BCUT2D eigenvalue weighted by atomic mass is 10.1. The molecule has 1 aliphatic heterocycles. The molecule has 1 N–H and O–H groups in total. The summed E-state index contributed by atoms with van der Waals surface area (Å²) in [6, 6.07) is 12.0. The number of ether oxygens (including phenoxy) is 1. The van der Waals surface area contributed by atoms with Crippen LogP contribution in [0.1, 0.15) is 30.2 Å². The van der Waals surface area contributed by atoms with Crippen LogP contribution in [0.3, 0.4) is 0 Å². The van der Waals surface area contributed by atoms with Gasteiger partial charge in [-0.15, -0.1) is 0 Å². The SMILES string of the molecule is COc1cc(N2CC(C)N(S(=O)(=O)[C@@H]3c4ccccc4C[C@@H]3C(=O)O)C(C)C2)ccc1Cl. The maximum absolute atomic E-state index is 13.9. The molecule has 2 aromatic carbocycles. The summed E-state index contributed by atoms with van der Waals surface area (Å²) in [4.78, 5) is 14.1. The van der Waals surface area contributed by atoms with Crippen LogP contribution in [0, 0.1) is 5.92 Å². The summed E-state index contributed by atoms with van der Waals surface area (Å²) in [7, 11) is -2.36. The molecule has 1 saturated heterocycles. The number of rotatable bonds is 5. The van der Waals surface area contributed by atoms with Crippen LogP contribution >= 0.6 is 11.6 Å². The predicted molar refractivity (Wildman–Crippen MR) is 124 cm³/mol. The van der Waals surface area contributed by atoms with Crippen molar-refractivity contribution >= 4 is 33.3 Å². The summed E-state index contributed by atoms with van der Waals surface area (Å²) in [5, 5.41) is 9.23. The van der Waals surface area contributed by atoms with Crippen molar-refractivity contribution in [3.63, 3.8) is 0 Å². The molecular formula is C23H27ClN2O5S. The molecule has 4 atom stereocenters. The quantitative estimate of drug-likeness (QED) is 0.706. The summed E-state index contributed by atoms with van der Waals surface area (Å²) < 4.78 is 34.6. The minimum Gasteiger partial charge on any atom is -0.495 e. The topological polar surface area (TPSA) is 87.2 Å². The number of hydrogen-bond donors (Lipinski definition) is 1. The van der Waals surface area contributed by atoms with Crippen LogP contribution < -0.4 is 9.64 Å². The average molecular weight is 479 g/mol. The van der Waals surface area contributed by atoms with Gasteiger partial charge in [0.05, 0.1) is 18.1 Å². The zero-order valence-electron chi connectivity index (χ0n) is 18.2. The van der Waals surface area contributed by atoms with Crippen molar-refractivity contribution < 1.29 is 23.1 Å². The van der Waals surface area contributed by atoms with Gasteiger partial charge in [-0.05, 0) is 43.5 Å². The highest BCUT2D eigenvalue weighted by Crippen LogP contribution is 2.44. The van der Waals surface area contributed by atoms with Gasteiger partial charge < -0.3 is 14.7 Å². The van der Waals surface area contributed by atoms with E-state index in [9.17, 15) is 18.3 Å². The number of carbonyl (C=O) groups is 1. The van der Waals surface area contributed by atoms with E-state index in [0.29, 0.717) is 29.4 Å². The first-order chi connectivity index (χ1) is 15.1. The number of sulfonamides is 1. The fourth-order valence-electron chi connectivity index (χ4n) is 5.14. The van der Waals surface area contributed by atoms with Gasteiger partial charge in [-0.25, -0.2) is 8.42 Å². The first-order valence-corrected chi connectivity index (χ1v) is 12.4. The molecule has 0 aromatic heterocycles. The third kappa shape index (κ3) is 3.84. The van der Waals surface area contributed by atoms with Crippen molar-refractivity contribution in [2.24, 2.45) is 5.92 Å². The first kappa shape index (κ1) is 22.9. The zero-order valence-corrected chi connectivity index (χ0v) is 19.8. The Kier molecular flexibility index (Phi) is 6.13. The maximum atomic E-state index is 13.9. The predicted octanol–water partition coefficient (Wildman–Crippen LogP) is 3.58. The van der Waals surface area contributed by atoms with Crippen LogP contribution in [0.25, 0.3) is 0 Å². The van der Waals surface area contributed by atoms with Gasteiger partial charge in [0.15, 0.2) is 0 Å². The number of fused-ring (bicyclic) bond motifs is 1. The second kappa shape index (κ2) is 8.57. The van der Waals surface area contributed by atoms with Crippen LogP contribution in [-0.2, 0) is 21.2 Å². The van der Waals surface area contributed by atoms with Gasteiger partial charge in [-0.2, -0.15) is 4.31 Å². The van der Waals surface area contributed by atoms with Crippen LogP contribution in [0.15, 0.2) is 42.5 Å². The number of carboxylic acid groups (broad SMARTS) is 1. The minimum absolute atomic E-state index is 0.225. The number of nitrogens with zero attached hydrogens (tertiary/aromatic N) is 2. The van der Waals surface area contributed by atoms with E-state index in [4.69, 9.17) is 16.3 Å². The second-order valence-corrected chi connectivity index (χ2v) is 10.9. The zero-order chi connectivity index (χ0) is 23.2. The fraction of sp³-hybridized carbons (Fsp3) is 0.435. The molecule has 0 saturated carbocycles. The second-order valence-electron chi connectivity index (χ2n) is 8.57. The highest BCUT2D eigenvalue weighted by atomic mass is 35.5. The normalized spacial score (nSPS) is 26.1. The Hall–Kier alpha value is -2.29. The number of carboxylic acids is 1. The van der Waals surface area contributed by atoms with Crippen LogP contribution in [0.5, 0.6) is 5.75 Å².